The van der Waals surface area contributed by atoms with E-state index in [0.29, 0.717) is 17.5 Å². The molecule has 5 heterocycles. The second-order valence-corrected chi connectivity index (χ2v) is 14.2. The summed E-state index contributed by atoms with van der Waals surface area (Å²) in [6.07, 6.45) is 3.61. The van der Waals surface area contributed by atoms with E-state index in [-0.39, 0.29) is 0 Å². The van der Waals surface area contributed by atoms with Crippen molar-refractivity contribution in [1.29, 1.82) is 0 Å². The molecule has 0 amide bonds. The van der Waals surface area contributed by atoms with Crippen LogP contribution in [0.4, 0.5) is 0 Å². The molecule has 0 radical (unpaired) electrons. The van der Waals surface area contributed by atoms with Crippen molar-refractivity contribution in [1.82, 2.24) is 24.5 Å². The van der Waals surface area contributed by atoms with Crippen molar-refractivity contribution in [3.63, 3.8) is 0 Å². The normalized spacial score (nSPS) is 11.9. The number of fused-ring (bicyclic) bond motifs is 9. The maximum Gasteiger partial charge on any atom is 0.166 e. The number of hydrogen-bond acceptors (Lipinski definition) is 6. The lowest BCUT2D eigenvalue weighted by Crippen LogP contribution is -2.03. The van der Waals surface area contributed by atoms with E-state index in [4.69, 9.17) is 23.8 Å². The average molecular weight is 732 g/mol. The van der Waals surface area contributed by atoms with Gasteiger partial charge in [-0.15, -0.1) is 0 Å². The summed E-state index contributed by atoms with van der Waals surface area (Å²) in [5, 5.41) is 6.39. The minimum Gasteiger partial charge on any atom is -0.456 e. The Hall–Kier alpha value is -7.90. The Morgan fingerprint density at radius 1 is 0.386 bits per heavy atom. The van der Waals surface area contributed by atoms with E-state index in [9.17, 15) is 0 Å². The number of pyridine rings is 1. The molecule has 0 N–H and O–H groups in total. The van der Waals surface area contributed by atoms with Crippen LogP contribution in [0.25, 0.3) is 117 Å². The maximum absolute atomic E-state index is 6.35. The number of para-hydroxylation sites is 5. The molecule has 0 atom stereocenters. The standard InChI is InChI=1S/C50H29N5O2/c1-5-18-40-33(11-1)34-12-2-6-19-41(34)55(40)42-20-7-3-13-36(42)49-52-48(53-50(54-49)38-17-10-22-45-46(38)37-14-4-8-21-43(37)56-45)31-25-23-30(24-26-31)32-15-9-16-35-39-29-51-28-27-44(39)57-47(32)35/h1-29H. The molecule has 0 saturated carbocycles. The van der Waals surface area contributed by atoms with E-state index in [0.717, 1.165) is 88.4 Å². The fourth-order valence-corrected chi connectivity index (χ4v) is 8.41. The van der Waals surface area contributed by atoms with Gasteiger partial charge in [-0.25, -0.2) is 15.0 Å². The lowest BCUT2D eigenvalue weighted by Gasteiger charge is -2.15. The molecule has 0 aliphatic carbocycles. The van der Waals surface area contributed by atoms with Gasteiger partial charge >= 0.3 is 0 Å². The Bertz CT molecular complexity index is 3490. The topological polar surface area (TPSA) is 82.8 Å². The van der Waals surface area contributed by atoms with Crippen molar-refractivity contribution in [2.75, 3.05) is 0 Å². The molecule has 0 aliphatic heterocycles. The molecule has 0 spiro atoms. The average Bonchev–Trinajstić information content (AvgIpc) is 3.96. The van der Waals surface area contributed by atoms with Crippen LogP contribution >= 0.6 is 0 Å². The van der Waals surface area contributed by atoms with Crippen LogP contribution in [0.1, 0.15) is 0 Å². The summed E-state index contributed by atoms with van der Waals surface area (Å²) in [6.45, 7) is 0. The Labute approximate surface area is 325 Å². The molecule has 12 rings (SSSR count). The first-order valence-corrected chi connectivity index (χ1v) is 18.9. The Kier molecular flexibility index (Phi) is 6.79. The third-order valence-electron chi connectivity index (χ3n) is 11.0. The second kappa shape index (κ2) is 12.3. The molecular formula is C50H29N5O2. The Morgan fingerprint density at radius 3 is 1.79 bits per heavy atom. The largest absolute Gasteiger partial charge is 0.456 e. The Balaban J connectivity index is 1.07. The van der Waals surface area contributed by atoms with Gasteiger partial charge in [0, 0.05) is 67.0 Å². The van der Waals surface area contributed by atoms with Crippen molar-refractivity contribution in [3.05, 3.63) is 176 Å². The van der Waals surface area contributed by atoms with Crippen LogP contribution in [0.15, 0.2) is 185 Å². The van der Waals surface area contributed by atoms with Gasteiger partial charge in [-0.1, -0.05) is 121 Å². The molecule has 0 aliphatic rings. The van der Waals surface area contributed by atoms with E-state index in [1.54, 1.807) is 6.20 Å². The fraction of sp³-hybridized carbons (Fsp3) is 0. The van der Waals surface area contributed by atoms with Gasteiger partial charge in [-0.3, -0.25) is 4.98 Å². The van der Waals surface area contributed by atoms with Crippen LogP contribution < -0.4 is 0 Å². The molecular weight excluding hydrogens is 703 g/mol. The zero-order chi connectivity index (χ0) is 37.5. The first kappa shape index (κ1) is 31.5. The molecule has 0 bridgehead atoms. The van der Waals surface area contributed by atoms with Gasteiger partial charge in [-0.2, -0.15) is 0 Å². The summed E-state index contributed by atoms with van der Waals surface area (Å²) >= 11 is 0. The van der Waals surface area contributed by atoms with Gasteiger partial charge in [0.2, 0.25) is 0 Å². The molecule has 0 fully saturated rings. The van der Waals surface area contributed by atoms with Crippen LogP contribution in [0.5, 0.6) is 0 Å². The molecule has 266 valence electrons. The van der Waals surface area contributed by atoms with Crippen molar-refractivity contribution in [2.24, 2.45) is 0 Å². The lowest BCUT2D eigenvalue weighted by atomic mass is 10.0. The molecule has 7 heteroatoms. The SMILES string of the molecule is c1ccc(-n2c3ccccc3c3ccccc32)c(-c2nc(-c3ccc(-c4cccc5c4oc4ccncc45)cc3)nc(-c3cccc4oc5ccccc5c34)n2)c1. The lowest BCUT2D eigenvalue weighted by molar-refractivity contribution is 0.669. The molecule has 0 unspecified atom stereocenters. The van der Waals surface area contributed by atoms with Crippen LogP contribution in [-0.2, 0) is 0 Å². The highest BCUT2D eigenvalue weighted by Gasteiger charge is 2.21. The van der Waals surface area contributed by atoms with Crippen molar-refractivity contribution < 1.29 is 8.83 Å². The zero-order valence-electron chi connectivity index (χ0n) is 30.3. The predicted molar refractivity (Wildman–Crippen MR) is 228 cm³/mol. The van der Waals surface area contributed by atoms with E-state index in [1.165, 1.54) is 10.8 Å². The molecule has 7 aromatic carbocycles. The van der Waals surface area contributed by atoms with Gasteiger partial charge < -0.3 is 13.4 Å². The van der Waals surface area contributed by atoms with Gasteiger partial charge in [0.25, 0.3) is 0 Å². The van der Waals surface area contributed by atoms with Crippen LogP contribution in [-0.4, -0.2) is 24.5 Å². The number of hydrogen-bond donors (Lipinski definition) is 0. The minimum absolute atomic E-state index is 0.564. The van der Waals surface area contributed by atoms with E-state index in [1.807, 2.05) is 48.7 Å². The molecule has 57 heavy (non-hydrogen) atoms. The van der Waals surface area contributed by atoms with Crippen LogP contribution in [0.2, 0.25) is 0 Å². The first-order valence-electron chi connectivity index (χ1n) is 18.9. The third-order valence-corrected chi connectivity index (χ3v) is 11.0. The van der Waals surface area contributed by atoms with Gasteiger partial charge in [0.05, 0.1) is 16.7 Å². The zero-order valence-corrected chi connectivity index (χ0v) is 30.3. The summed E-state index contributed by atoms with van der Waals surface area (Å²) in [4.78, 5) is 20.1. The number of furan rings is 2. The Morgan fingerprint density at radius 2 is 0.965 bits per heavy atom. The quantitative estimate of drug-likeness (QED) is 0.175. The van der Waals surface area contributed by atoms with Crippen molar-refractivity contribution in [2.45, 2.75) is 0 Å². The number of aromatic nitrogens is 5. The predicted octanol–water partition coefficient (Wildman–Crippen LogP) is 12.8. The number of rotatable bonds is 5. The van der Waals surface area contributed by atoms with E-state index in [2.05, 4.69) is 131 Å². The summed E-state index contributed by atoms with van der Waals surface area (Å²) in [7, 11) is 0. The molecule has 5 aromatic heterocycles. The maximum atomic E-state index is 6.35. The highest BCUT2D eigenvalue weighted by Crippen LogP contribution is 2.40. The highest BCUT2D eigenvalue weighted by atomic mass is 16.3. The van der Waals surface area contributed by atoms with Gasteiger partial charge in [0.15, 0.2) is 17.5 Å². The highest BCUT2D eigenvalue weighted by molar-refractivity contribution is 6.12. The second-order valence-electron chi connectivity index (χ2n) is 14.2. The summed E-state index contributed by atoms with van der Waals surface area (Å²) < 4.78 is 15.0. The number of nitrogens with zero attached hydrogens (tertiary/aromatic N) is 5. The first-order chi connectivity index (χ1) is 28.3. The number of benzene rings is 7. The van der Waals surface area contributed by atoms with Crippen LogP contribution in [0.3, 0.4) is 0 Å². The van der Waals surface area contributed by atoms with E-state index < -0.39 is 0 Å². The molecule has 7 nitrogen and oxygen atoms in total. The van der Waals surface area contributed by atoms with E-state index >= 15 is 0 Å². The third kappa shape index (κ3) is 4.86. The van der Waals surface area contributed by atoms with Crippen molar-refractivity contribution >= 4 is 65.7 Å². The minimum atomic E-state index is 0.564. The summed E-state index contributed by atoms with van der Waals surface area (Å²) in [6, 6.07) is 56.1. The van der Waals surface area contributed by atoms with Gasteiger partial charge in [0.1, 0.15) is 22.3 Å². The van der Waals surface area contributed by atoms with Gasteiger partial charge in [-0.05, 0) is 48.0 Å². The summed E-state index contributed by atoms with van der Waals surface area (Å²) in [5.74, 6) is 1.70. The van der Waals surface area contributed by atoms with Crippen LogP contribution in [0, 0.1) is 0 Å². The molecule has 0 saturated heterocycles. The monoisotopic (exact) mass is 731 g/mol. The molecule has 12 aromatic rings. The fourth-order valence-electron chi connectivity index (χ4n) is 8.41. The smallest absolute Gasteiger partial charge is 0.166 e. The summed E-state index contributed by atoms with van der Waals surface area (Å²) in [5.41, 5.74) is 11.1. The van der Waals surface area contributed by atoms with Crippen molar-refractivity contribution in [3.8, 4) is 51.0 Å².